The Kier molecular flexibility index (Phi) is 5.60. The Morgan fingerprint density at radius 3 is 2.47 bits per heavy atom. The lowest BCUT2D eigenvalue weighted by Crippen LogP contribution is -2.49. The van der Waals surface area contributed by atoms with Crippen molar-refractivity contribution in [3.8, 4) is 11.3 Å². The summed E-state index contributed by atoms with van der Waals surface area (Å²) in [7, 11) is 0. The van der Waals surface area contributed by atoms with Gasteiger partial charge in [0.15, 0.2) is 0 Å². The number of amides is 1. The molecule has 0 atom stereocenters. The Morgan fingerprint density at radius 2 is 1.74 bits per heavy atom. The second-order valence-electron chi connectivity index (χ2n) is 7.82. The number of rotatable bonds is 3. The molecule has 5 rings (SSSR count). The molecule has 0 radical (unpaired) electrons. The van der Waals surface area contributed by atoms with Crippen molar-refractivity contribution in [3.63, 3.8) is 0 Å². The first kappa shape index (κ1) is 22.1. The number of hydrogen-bond acceptors (Lipinski definition) is 5. The first-order valence-corrected chi connectivity index (χ1v) is 10.9. The summed E-state index contributed by atoms with van der Waals surface area (Å²) in [5.41, 5.74) is 0.595. The SMILES string of the molecule is O=C(c1cccc(Cl)c1)N1CCN(c2nc3nccc(-c4cccc(C(F)(F)F)c4)n3n2)CC1. The van der Waals surface area contributed by atoms with Crippen LogP contribution in [-0.4, -0.2) is 56.6 Å². The molecule has 3 heterocycles. The van der Waals surface area contributed by atoms with Crippen molar-refractivity contribution in [2.24, 2.45) is 0 Å². The molecule has 34 heavy (non-hydrogen) atoms. The van der Waals surface area contributed by atoms with Crippen LogP contribution in [0.5, 0.6) is 0 Å². The lowest BCUT2D eigenvalue weighted by Gasteiger charge is -2.34. The molecule has 174 valence electrons. The van der Waals surface area contributed by atoms with Gasteiger partial charge in [0.25, 0.3) is 11.7 Å². The van der Waals surface area contributed by atoms with Crippen LogP contribution >= 0.6 is 11.6 Å². The lowest BCUT2D eigenvalue weighted by molar-refractivity contribution is -0.137. The largest absolute Gasteiger partial charge is 0.416 e. The van der Waals surface area contributed by atoms with Crippen LogP contribution in [0, 0.1) is 0 Å². The molecule has 0 bridgehead atoms. The third kappa shape index (κ3) is 4.28. The van der Waals surface area contributed by atoms with Gasteiger partial charge >= 0.3 is 6.18 Å². The van der Waals surface area contributed by atoms with Gasteiger partial charge in [0, 0.05) is 48.5 Å². The smallest absolute Gasteiger partial charge is 0.336 e. The van der Waals surface area contributed by atoms with Crippen molar-refractivity contribution in [1.82, 2.24) is 24.5 Å². The summed E-state index contributed by atoms with van der Waals surface area (Å²) in [6, 6.07) is 13.5. The minimum Gasteiger partial charge on any atom is -0.336 e. The number of anilines is 1. The fourth-order valence-electron chi connectivity index (χ4n) is 3.90. The second kappa shape index (κ2) is 8.60. The number of halogens is 4. The third-order valence-corrected chi connectivity index (χ3v) is 5.87. The molecule has 0 saturated carbocycles. The number of hydrogen-bond donors (Lipinski definition) is 0. The van der Waals surface area contributed by atoms with E-state index in [9.17, 15) is 18.0 Å². The Hall–Kier alpha value is -3.66. The maximum Gasteiger partial charge on any atom is 0.416 e. The van der Waals surface area contributed by atoms with E-state index < -0.39 is 11.7 Å². The van der Waals surface area contributed by atoms with Crippen LogP contribution in [0.4, 0.5) is 19.1 Å². The zero-order valence-corrected chi connectivity index (χ0v) is 18.5. The van der Waals surface area contributed by atoms with E-state index in [4.69, 9.17) is 11.6 Å². The van der Waals surface area contributed by atoms with Crippen molar-refractivity contribution in [3.05, 3.63) is 76.9 Å². The van der Waals surface area contributed by atoms with Crippen LogP contribution < -0.4 is 4.90 Å². The van der Waals surface area contributed by atoms with E-state index in [1.165, 1.54) is 16.8 Å². The maximum absolute atomic E-state index is 13.2. The number of carbonyl (C=O) groups is 1. The fraction of sp³-hybridized carbons (Fsp3) is 0.217. The standard InChI is InChI=1S/C23H18ClF3N6O/c24-18-6-2-4-16(14-18)20(34)31-9-11-32(12-10-31)22-29-21-28-8-7-19(33(21)30-22)15-3-1-5-17(13-15)23(25,26)27/h1-8,13-14H,9-12H2. The number of aromatic nitrogens is 4. The maximum atomic E-state index is 13.2. The van der Waals surface area contributed by atoms with Crippen LogP contribution in [-0.2, 0) is 6.18 Å². The molecule has 1 aliphatic rings. The molecular weight excluding hydrogens is 469 g/mol. The fourth-order valence-corrected chi connectivity index (χ4v) is 4.09. The summed E-state index contributed by atoms with van der Waals surface area (Å²) in [6.07, 6.45) is -2.96. The molecule has 0 N–H and O–H groups in total. The summed E-state index contributed by atoms with van der Waals surface area (Å²) in [5, 5.41) is 5.01. The number of alkyl halides is 3. The molecule has 1 fully saturated rings. The number of carbonyl (C=O) groups excluding carboxylic acids is 1. The summed E-state index contributed by atoms with van der Waals surface area (Å²) in [6.45, 7) is 1.94. The quantitative estimate of drug-likeness (QED) is 0.429. The highest BCUT2D eigenvalue weighted by Gasteiger charge is 2.31. The molecule has 0 unspecified atom stereocenters. The van der Waals surface area contributed by atoms with E-state index in [-0.39, 0.29) is 11.7 Å². The van der Waals surface area contributed by atoms with Crippen molar-refractivity contribution in [2.45, 2.75) is 6.18 Å². The van der Waals surface area contributed by atoms with Crippen LogP contribution in [0.2, 0.25) is 5.02 Å². The minimum absolute atomic E-state index is 0.0985. The Morgan fingerprint density at radius 1 is 0.971 bits per heavy atom. The Balaban J connectivity index is 1.37. The van der Waals surface area contributed by atoms with Crippen molar-refractivity contribution in [1.29, 1.82) is 0 Å². The number of nitrogens with zero attached hydrogens (tertiary/aromatic N) is 6. The average Bonchev–Trinajstić information content (AvgIpc) is 3.28. The predicted molar refractivity (Wildman–Crippen MR) is 121 cm³/mol. The van der Waals surface area contributed by atoms with E-state index in [1.54, 1.807) is 41.3 Å². The minimum atomic E-state index is -4.45. The summed E-state index contributed by atoms with van der Waals surface area (Å²) in [5.74, 6) is 0.586. The molecule has 2 aromatic heterocycles. The molecular formula is C23H18ClF3N6O. The van der Waals surface area contributed by atoms with Gasteiger partial charge in [-0.2, -0.15) is 22.7 Å². The zero-order chi connectivity index (χ0) is 23.9. The highest BCUT2D eigenvalue weighted by atomic mass is 35.5. The molecule has 1 aliphatic heterocycles. The van der Waals surface area contributed by atoms with Gasteiger partial charge in [-0.25, -0.2) is 4.98 Å². The van der Waals surface area contributed by atoms with Gasteiger partial charge in [-0.1, -0.05) is 29.8 Å². The van der Waals surface area contributed by atoms with Gasteiger partial charge in [-0.3, -0.25) is 4.79 Å². The van der Waals surface area contributed by atoms with Gasteiger partial charge < -0.3 is 9.80 Å². The Bertz CT molecular complexity index is 1360. The highest BCUT2D eigenvalue weighted by Crippen LogP contribution is 2.32. The molecule has 1 saturated heterocycles. The summed E-state index contributed by atoms with van der Waals surface area (Å²) >= 11 is 6.00. The van der Waals surface area contributed by atoms with Gasteiger partial charge in [0.1, 0.15) is 0 Å². The lowest BCUT2D eigenvalue weighted by atomic mass is 10.1. The third-order valence-electron chi connectivity index (χ3n) is 5.64. The highest BCUT2D eigenvalue weighted by molar-refractivity contribution is 6.30. The van der Waals surface area contributed by atoms with Gasteiger partial charge in [-0.15, -0.1) is 5.10 Å². The van der Waals surface area contributed by atoms with E-state index >= 15 is 0 Å². The van der Waals surface area contributed by atoms with Gasteiger partial charge in [0.2, 0.25) is 5.95 Å². The van der Waals surface area contributed by atoms with Crippen LogP contribution in [0.3, 0.4) is 0 Å². The van der Waals surface area contributed by atoms with Crippen LogP contribution in [0.1, 0.15) is 15.9 Å². The molecule has 0 aliphatic carbocycles. The predicted octanol–water partition coefficient (Wildman–Crippen LogP) is 4.43. The van der Waals surface area contributed by atoms with E-state index in [0.717, 1.165) is 12.1 Å². The monoisotopic (exact) mass is 486 g/mol. The number of benzene rings is 2. The first-order valence-electron chi connectivity index (χ1n) is 10.5. The first-order chi connectivity index (χ1) is 16.3. The van der Waals surface area contributed by atoms with Gasteiger partial charge in [-0.05, 0) is 36.4 Å². The summed E-state index contributed by atoms with van der Waals surface area (Å²) in [4.78, 5) is 25.1. The molecule has 1 amide bonds. The zero-order valence-electron chi connectivity index (χ0n) is 17.7. The van der Waals surface area contributed by atoms with Crippen molar-refractivity contribution in [2.75, 3.05) is 31.1 Å². The Labute approximate surface area is 197 Å². The van der Waals surface area contributed by atoms with Gasteiger partial charge in [0.05, 0.1) is 11.3 Å². The average molecular weight is 487 g/mol. The van der Waals surface area contributed by atoms with E-state index in [0.29, 0.717) is 54.0 Å². The topological polar surface area (TPSA) is 66.6 Å². The summed E-state index contributed by atoms with van der Waals surface area (Å²) < 4.78 is 41.0. The normalized spacial score (nSPS) is 14.6. The molecule has 2 aromatic carbocycles. The molecule has 7 nitrogen and oxygen atoms in total. The van der Waals surface area contributed by atoms with E-state index in [2.05, 4.69) is 15.1 Å². The van der Waals surface area contributed by atoms with Crippen molar-refractivity contribution >= 4 is 29.2 Å². The molecule has 4 aromatic rings. The van der Waals surface area contributed by atoms with Crippen LogP contribution in [0.15, 0.2) is 60.8 Å². The van der Waals surface area contributed by atoms with Crippen molar-refractivity contribution < 1.29 is 18.0 Å². The number of fused-ring (bicyclic) bond motifs is 1. The molecule has 11 heteroatoms. The second-order valence-corrected chi connectivity index (χ2v) is 8.26. The van der Waals surface area contributed by atoms with E-state index in [1.807, 2.05) is 4.90 Å². The number of piperazine rings is 1. The molecule has 0 spiro atoms. The van der Waals surface area contributed by atoms with Crippen LogP contribution in [0.25, 0.3) is 17.0 Å².